The molecule has 0 aromatic heterocycles. The predicted octanol–water partition coefficient (Wildman–Crippen LogP) is 3.08. The van der Waals surface area contributed by atoms with Crippen molar-refractivity contribution < 1.29 is 14.2 Å². The van der Waals surface area contributed by atoms with Crippen LogP contribution in [0.4, 0.5) is 0 Å². The highest BCUT2D eigenvalue weighted by atomic mass is 79.9. The molecule has 0 radical (unpaired) electrons. The lowest BCUT2D eigenvalue weighted by Gasteiger charge is -2.12. The number of benzene rings is 2. The summed E-state index contributed by atoms with van der Waals surface area (Å²) in [4.78, 5) is 0. The summed E-state index contributed by atoms with van der Waals surface area (Å²) in [6.07, 6.45) is 1.59. The number of ether oxygens (including phenoxy) is 3. The molecule has 0 aliphatic rings. The number of nitrogens with one attached hydrogen (secondary N) is 1. The van der Waals surface area contributed by atoms with Crippen LogP contribution in [0.25, 0.3) is 0 Å². The fourth-order valence-corrected chi connectivity index (χ4v) is 2.21. The Balaban J connectivity index is 1.87. The van der Waals surface area contributed by atoms with Gasteiger partial charge in [0.25, 0.3) is 0 Å². The van der Waals surface area contributed by atoms with E-state index in [1.807, 2.05) is 30.3 Å². The van der Waals surface area contributed by atoms with E-state index in [4.69, 9.17) is 19.9 Å². The van der Waals surface area contributed by atoms with E-state index in [2.05, 4.69) is 38.7 Å². The van der Waals surface area contributed by atoms with Crippen molar-refractivity contribution in [2.75, 3.05) is 20.3 Å². The molecule has 0 fully saturated rings. The van der Waals surface area contributed by atoms with Crippen molar-refractivity contribution in [3.05, 3.63) is 52.5 Å². The Kier molecular flexibility index (Phi) is 7.49. The molecule has 3 N–H and O–H groups in total. The fraction of sp³-hybridized carbons (Fsp3) is 0.176. The Morgan fingerprint density at radius 2 is 1.88 bits per heavy atom. The van der Waals surface area contributed by atoms with Gasteiger partial charge in [0, 0.05) is 4.47 Å². The molecule has 2 aromatic rings. The Morgan fingerprint density at radius 3 is 2.56 bits per heavy atom. The molecule has 8 heteroatoms. The van der Waals surface area contributed by atoms with Crippen molar-refractivity contribution in [2.45, 2.75) is 0 Å². The first-order valence-corrected chi connectivity index (χ1v) is 8.56. The zero-order valence-corrected chi connectivity index (χ0v) is 16.0. The SMILES string of the molecule is COc1cc(/C=N\NC(N)=S)ccc1OCCOc1ccc(Br)cc1. The molecule has 0 atom stereocenters. The highest BCUT2D eigenvalue weighted by Crippen LogP contribution is 2.27. The Hall–Kier alpha value is -2.32. The van der Waals surface area contributed by atoms with E-state index < -0.39 is 0 Å². The second-order valence-electron chi connectivity index (χ2n) is 4.80. The minimum atomic E-state index is 0.106. The van der Waals surface area contributed by atoms with Gasteiger partial charge in [-0.15, -0.1) is 0 Å². The summed E-state index contributed by atoms with van der Waals surface area (Å²) in [6.45, 7) is 0.814. The van der Waals surface area contributed by atoms with Gasteiger partial charge in [-0.1, -0.05) is 15.9 Å². The molecule has 0 spiro atoms. The zero-order valence-electron chi connectivity index (χ0n) is 13.6. The second kappa shape index (κ2) is 9.85. The highest BCUT2D eigenvalue weighted by Gasteiger charge is 2.05. The molecule has 25 heavy (non-hydrogen) atoms. The molecule has 0 aliphatic heterocycles. The molecule has 0 bridgehead atoms. The van der Waals surface area contributed by atoms with Crippen LogP contribution in [0.2, 0.25) is 0 Å². The Labute approximate surface area is 160 Å². The lowest BCUT2D eigenvalue weighted by molar-refractivity contribution is 0.211. The first-order chi connectivity index (χ1) is 12.1. The van der Waals surface area contributed by atoms with Gasteiger partial charge in [-0.25, -0.2) is 0 Å². The molecule has 6 nitrogen and oxygen atoms in total. The molecule has 2 rings (SSSR count). The normalized spacial score (nSPS) is 10.5. The van der Waals surface area contributed by atoms with Gasteiger partial charge in [0.1, 0.15) is 19.0 Å². The van der Waals surface area contributed by atoms with Crippen molar-refractivity contribution in [1.29, 1.82) is 0 Å². The second-order valence-corrected chi connectivity index (χ2v) is 6.15. The fourth-order valence-electron chi connectivity index (χ4n) is 1.90. The van der Waals surface area contributed by atoms with Gasteiger partial charge in [0.05, 0.1) is 13.3 Å². The zero-order chi connectivity index (χ0) is 18.1. The quantitative estimate of drug-likeness (QED) is 0.294. The van der Waals surface area contributed by atoms with E-state index in [0.717, 1.165) is 15.8 Å². The molecule has 0 aliphatic carbocycles. The average molecular weight is 424 g/mol. The summed E-state index contributed by atoms with van der Waals surface area (Å²) in [5.41, 5.74) is 8.61. The van der Waals surface area contributed by atoms with Crippen molar-refractivity contribution in [2.24, 2.45) is 10.8 Å². The third-order valence-electron chi connectivity index (χ3n) is 3.00. The molecule has 0 saturated carbocycles. The average Bonchev–Trinajstić information content (AvgIpc) is 2.60. The van der Waals surface area contributed by atoms with E-state index in [0.29, 0.717) is 24.7 Å². The summed E-state index contributed by atoms with van der Waals surface area (Å²) >= 11 is 8.06. The first-order valence-electron chi connectivity index (χ1n) is 7.36. The van der Waals surface area contributed by atoms with Gasteiger partial charge in [-0.2, -0.15) is 5.10 Å². The summed E-state index contributed by atoms with van der Waals surface area (Å²) in [6, 6.07) is 13.1. The van der Waals surface area contributed by atoms with Crippen LogP contribution in [0.5, 0.6) is 17.2 Å². The molecule has 0 unspecified atom stereocenters. The van der Waals surface area contributed by atoms with Gasteiger partial charge in [0.2, 0.25) is 0 Å². The number of nitrogens with zero attached hydrogens (tertiary/aromatic N) is 1. The Bertz CT molecular complexity index is 738. The number of methoxy groups -OCH3 is 1. The van der Waals surface area contributed by atoms with Gasteiger partial charge in [-0.05, 0) is 60.2 Å². The molecular formula is C17H18BrN3O3S. The summed E-state index contributed by atoms with van der Waals surface area (Å²) in [5.74, 6) is 2.01. The lowest BCUT2D eigenvalue weighted by Crippen LogP contribution is -2.23. The smallest absolute Gasteiger partial charge is 0.184 e. The maximum atomic E-state index is 5.71. The highest BCUT2D eigenvalue weighted by molar-refractivity contribution is 9.10. The minimum Gasteiger partial charge on any atom is -0.493 e. The monoisotopic (exact) mass is 423 g/mol. The van der Waals surface area contributed by atoms with Crippen LogP contribution in [0.15, 0.2) is 52.0 Å². The van der Waals surface area contributed by atoms with Gasteiger partial charge in [-0.3, -0.25) is 5.43 Å². The number of hydrogen-bond acceptors (Lipinski definition) is 5. The van der Waals surface area contributed by atoms with Gasteiger partial charge >= 0.3 is 0 Å². The number of hydrogen-bond donors (Lipinski definition) is 2. The molecule has 132 valence electrons. The van der Waals surface area contributed by atoms with E-state index in [-0.39, 0.29) is 5.11 Å². The van der Waals surface area contributed by atoms with Crippen LogP contribution in [-0.4, -0.2) is 31.7 Å². The number of nitrogens with two attached hydrogens (primary N) is 1. The predicted molar refractivity (Wildman–Crippen MR) is 106 cm³/mol. The largest absolute Gasteiger partial charge is 0.493 e. The van der Waals surface area contributed by atoms with Gasteiger partial charge in [0.15, 0.2) is 16.6 Å². The van der Waals surface area contributed by atoms with E-state index in [1.165, 1.54) is 0 Å². The minimum absolute atomic E-state index is 0.106. The summed E-state index contributed by atoms with van der Waals surface area (Å²) < 4.78 is 17.7. The summed E-state index contributed by atoms with van der Waals surface area (Å²) in [7, 11) is 1.58. The van der Waals surface area contributed by atoms with Crippen molar-refractivity contribution in [1.82, 2.24) is 5.43 Å². The third-order valence-corrected chi connectivity index (χ3v) is 3.62. The third kappa shape index (κ3) is 6.60. The van der Waals surface area contributed by atoms with E-state index in [9.17, 15) is 0 Å². The number of halogens is 1. The maximum absolute atomic E-state index is 5.71. The molecule has 2 aromatic carbocycles. The number of rotatable bonds is 8. The van der Waals surface area contributed by atoms with Crippen LogP contribution in [0.3, 0.4) is 0 Å². The van der Waals surface area contributed by atoms with Crippen molar-refractivity contribution in [3.63, 3.8) is 0 Å². The lowest BCUT2D eigenvalue weighted by atomic mass is 10.2. The molecule has 0 amide bonds. The van der Waals surface area contributed by atoms with Crippen LogP contribution in [-0.2, 0) is 0 Å². The standard InChI is InChI=1S/C17H18BrN3O3S/c1-22-16-10-12(11-20-21-17(19)25)2-7-15(16)24-9-8-23-14-5-3-13(18)4-6-14/h2-7,10-11H,8-9H2,1H3,(H3,19,21,25)/b20-11-. The Morgan fingerprint density at radius 1 is 1.16 bits per heavy atom. The van der Waals surface area contributed by atoms with E-state index >= 15 is 0 Å². The number of hydrazone groups is 1. The van der Waals surface area contributed by atoms with Crippen LogP contribution >= 0.6 is 28.1 Å². The van der Waals surface area contributed by atoms with Crippen molar-refractivity contribution >= 4 is 39.5 Å². The first kappa shape index (κ1) is 19.0. The summed E-state index contributed by atoms with van der Waals surface area (Å²) in [5, 5.41) is 4.01. The van der Waals surface area contributed by atoms with Crippen molar-refractivity contribution in [3.8, 4) is 17.2 Å². The molecule has 0 saturated heterocycles. The van der Waals surface area contributed by atoms with Crippen LogP contribution < -0.4 is 25.4 Å². The van der Waals surface area contributed by atoms with Gasteiger partial charge < -0.3 is 19.9 Å². The number of thiocarbonyl (C=S) groups is 1. The van der Waals surface area contributed by atoms with Crippen LogP contribution in [0.1, 0.15) is 5.56 Å². The van der Waals surface area contributed by atoms with E-state index in [1.54, 1.807) is 25.5 Å². The topological polar surface area (TPSA) is 78.1 Å². The molecular weight excluding hydrogens is 406 g/mol. The maximum Gasteiger partial charge on any atom is 0.184 e. The van der Waals surface area contributed by atoms with Crippen LogP contribution in [0, 0.1) is 0 Å². The molecule has 0 heterocycles.